The quantitative estimate of drug-likeness (QED) is 0.618. The highest BCUT2D eigenvalue weighted by Gasteiger charge is 2.37. The fraction of sp³-hybridized carbons (Fsp3) is 0.500. The lowest BCUT2D eigenvalue weighted by molar-refractivity contribution is -0.153. The lowest BCUT2D eigenvalue weighted by Crippen LogP contribution is -2.50. The molecule has 2 amide bonds. The van der Waals surface area contributed by atoms with E-state index in [2.05, 4.69) is 10.3 Å². The topological polar surface area (TPSA) is 91.5 Å². The summed E-state index contributed by atoms with van der Waals surface area (Å²) in [5.74, 6) is -1.06. The van der Waals surface area contributed by atoms with Crippen molar-refractivity contribution in [2.24, 2.45) is 0 Å². The van der Waals surface area contributed by atoms with Crippen LogP contribution in [0.3, 0.4) is 0 Å². The maximum Gasteiger partial charge on any atom is 0.328 e. The summed E-state index contributed by atoms with van der Waals surface area (Å²) < 4.78 is 5.53. The molecule has 0 saturated carbocycles. The molecule has 1 saturated heterocycles. The number of H-pyrrole nitrogens is 1. The molecule has 2 heterocycles. The molecular weight excluding hydrogens is 330 g/mol. The van der Waals surface area contributed by atoms with Crippen molar-refractivity contribution in [2.45, 2.75) is 38.8 Å². The van der Waals surface area contributed by atoms with Gasteiger partial charge in [-0.25, -0.2) is 4.79 Å². The monoisotopic (exact) mass is 351 g/mol. The van der Waals surface area contributed by atoms with E-state index in [1.54, 1.807) is 26.0 Å². The normalized spacial score (nSPS) is 18.1. The predicted octanol–water partition coefficient (Wildman–Crippen LogP) is 1.42. The summed E-state index contributed by atoms with van der Waals surface area (Å²) in [5, 5.41) is 2.65. The van der Waals surface area contributed by atoms with Crippen molar-refractivity contribution >= 4 is 30.0 Å². The number of pyridine rings is 1. The third kappa shape index (κ3) is 4.19. The van der Waals surface area contributed by atoms with E-state index < -0.39 is 18.1 Å². The zero-order valence-corrected chi connectivity index (χ0v) is 14.5. The van der Waals surface area contributed by atoms with E-state index in [0.29, 0.717) is 23.2 Å². The minimum Gasteiger partial charge on any atom is -0.464 e. The van der Waals surface area contributed by atoms with Crippen LogP contribution < -0.4 is 5.32 Å². The van der Waals surface area contributed by atoms with E-state index in [4.69, 9.17) is 17.0 Å². The van der Waals surface area contributed by atoms with Crippen LogP contribution in [0.1, 0.15) is 37.0 Å². The fourth-order valence-electron chi connectivity index (χ4n) is 2.66. The number of likely N-dealkylation sites (tertiary alicyclic amines) is 1. The van der Waals surface area contributed by atoms with Crippen molar-refractivity contribution in [1.82, 2.24) is 15.2 Å². The smallest absolute Gasteiger partial charge is 0.328 e. The van der Waals surface area contributed by atoms with E-state index in [9.17, 15) is 14.4 Å². The molecule has 24 heavy (non-hydrogen) atoms. The van der Waals surface area contributed by atoms with Crippen LogP contribution >= 0.6 is 12.2 Å². The molecule has 7 nitrogen and oxygen atoms in total. The number of nitrogens with zero attached hydrogens (tertiary/aromatic N) is 1. The van der Waals surface area contributed by atoms with Crippen LogP contribution in [0.15, 0.2) is 18.3 Å². The van der Waals surface area contributed by atoms with Gasteiger partial charge >= 0.3 is 5.97 Å². The molecule has 8 heteroatoms. The number of nitrogens with one attached hydrogen (secondary N) is 2. The Balaban J connectivity index is 2.00. The lowest BCUT2D eigenvalue weighted by atomic mass is 10.2. The van der Waals surface area contributed by atoms with Crippen LogP contribution in [-0.4, -0.2) is 52.9 Å². The van der Waals surface area contributed by atoms with Crippen molar-refractivity contribution in [2.75, 3.05) is 13.2 Å². The summed E-state index contributed by atoms with van der Waals surface area (Å²) in [6, 6.07) is 1.89. The zero-order chi connectivity index (χ0) is 17.7. The first-order chi connectivity index (χ1) is 11.4. The summed E-state index contributed by atoms with van der Waals surface area (Å²) >= 11 is 4.93. The number of carbonyl (C=O) groups is 3. The van der Waals surface area contributed by atoms with Crippen molar-refractivity contribution in [3.8, 4) is 0 Å². The van der Waals surface area contributed by atoms with E-state index in [1.807, 2.05) is 0 Å². The largest absolute Gasteiger partial charge is 0.464 e. The second kappa shape index (κ2) is 8.05. The van der Waals surface area contributed by atoms with Crippen molar-refractivity contribution < 1.29 is 19.1 Å². The molecule has 2 rings (SSSR count). The Morgan fingerprint density at radius 3 is 2.83 bits per heavy atom. The number of hydrogen-bond donors (Lipinski definition) is 2. The van der Waals surface area contributed by atoms with Crippen LogP contribution in [0.2, 0.25) is 0 Å². The second-order valence-corrected chi connectivity index (χ2v) is 6.02. The molecule has 1 fully saturated rings. The van der Waals surface area contributed by atoms with Gasteiger partial charge in [0.15, 0.2) is 0 Å². The summed E-state index contributed by atoms with van der Waals surface area (Å²) in [6.45, 7) is 4.10. The molecule has 130 valence electrons. The molecule has 0 aliphatic carbocycles. The molecule has 0 radical (unpaired) electrons. The van der Waals surface area contributed by atoms with Crippen LogP contribution in [-0.2, 0) is 14.3 Å². The van der Waals surface area contributed by atoms with Gasteiger partial charge in [0.25, 0.3) is 5.91 Å². The van der Waals surface area contributed by atoms with E-state index in [-0.39, 0.29) is 18.4 Å². The molecule has 0 bridgehead atoms. The highest BCUT2D eigenvalue weighted by atomic mass is 32.1. The average molecular weight is 351 g/mol. The minimum absolute atomic E-state index is 0.277. The number of carbonyl (C=O) groups excluding carboxylic acids is 3. The third-order valence-corrected chi connectivity index (χ3v) is 4.11. The summed E-state index contributed by atoms with van der Waals surface area (Å²) in [5.41, 5.74) is 0.381. The number of aromatic amines is 1. The molecule has 1 aliphatic heterocycles. The van der Waals surface area contributed by atoms with Gasteiger partial charge in [0.2, 0.25) is 5.91 Å². The Morgan fingerprint density at radius 2 is 2.21 bits per heavy atom. The Labute approximate surface area is 145 Å². The van der Waals surface area contributed by atoms with Crippen LogP contribution in [0.25, 0.3) is 0 Å². The molecule has 2 N–H and O–H groups in total. The number of esters is 1. The van der Waals surface area contributed by atoms with Gasteiger partial charge in [-0.15, -0.1) is 0 Å². The molecular formula is C16H21N3O4S. The Bertz CT molecular complexity index is 668. The Kier molecular flexibility index (Phi) is 6.08. The molecule has 1 aromatic heterocycles. The van der Waals surface area contributed by atoms with Gasteiger partial charge in [0.1, 0.15) is 16.7 Å². The number of ether oxygens (including phenoxy) is 1. The first-order valence-corrected chi connectivity index (χ1v) is 8.31. The number of aromatic nitrogens is 1. The number of amides is 2. The van der Waals surface area contributed by atoms with Crippen LogP contribution in [0, 0.1) is 4.64 Å². The predicted molar refractivity (Wildman–Crippen MR) is 89.9 cm³/mol. The van der Waals surface area contributed by atoms with Gasteiger partial charge in [0.05, 0.1) is 12.2 Å². The van der Waals surface area contributed by atoms with Gasteiger partial charge in [-0.2, -0.15) is 0 Å². The summed E-state index contributed by atoms with van der Waals surface area (Å²) in [4.78, 5) is 40.9. The van der Waals surface area contributed by atoms with Gasteiger partial charge in [-0.05, 0) is 38.8 Å². The third-order valence-electron chi connectivity index (χ3n) is 3.86. The van der Waals surface area contributed by atoms with Crippen molar-refractivity contribution in [1.29, 1.82) is 0 Å². The molecule has 1 aromatic rings. The first-order valence-electron chi connectivity index (χ1n) is 7.90. The Morgan fingerprint density at radius 1 is 1.46 bits per heavy atom. The molecule has 2 atom stereocenters. The fourth-order valence-corrected chi connectivity index (χ4v) is 2.78. The summed E-state index contributed by atoms with van der Waals surface area (Å²) in [6.07, 6.45) is 2.82. The van der Waals surface area contributed by atoms with Crippen molar-refractivity contribution in [3.05, 3.63) is 28.5 Å². The van der Waals surface area contributed by atoms with Crippen LogP contribution in [0.4, 0.5) is 0 Å². The SMILES string of the molecule is CCOC(=O)[C@@H]1CCCN1C(=O)[C@H](C)NC(=O)c1ccc(=S)[nH]c1. The van der Waals surface area contributed by atoms with E-state index in [0.717, 1.165) is 6.42 Å². The molecule has 1 aliphatic rings. The van der Waals surface area contributed by atoms with Gasteiger partial charge in [-0.1, -0.05) is 12.2 Å². The first kappa shape index (κ1) is 18.1. The number of hydrogen-bond acceptors (Lipinski definition) is 5. The molecule has 0 unspecified atom stereocenters. The Hall–Kier alpha value is -2.22. The minimum atomic E-state index is -0.740. The van der Waals surface area contributed by atoms with E-state index in [1.165, 1.54) is 11.1 Å². The molecule has 0 aromatic carbocycles. The van der Waals surface area contributed by atoms with Gasteiger partial charge < -0.3 is 19.9 Å². The molecule has 0 spiro atoms. The standard InChI is InChI=1S/C16H21N3O4S/c1-3-23-16(22)12-5-4-8-19(12)15(21)10(2)18-14(20)11-6-7-13(24)17-9-11/h6-7,9-10,12H,3-5,8H2,1-2H3,(H,17,24)(H,18,20)/t10-,12-/m0/s1. The maximum absolute atomic E-state index is 12.6. The lowest BCUT2D eigenvalue weighted by Gasteiger charge is -2.26. The van der Waals surface area contributed by atoms with Gasteiger partial charge in [0, 0.05) is 12.7 Å². The highest BCUT2D eigenvalue weighted by Crippen LogP contribution is 2.19. The van der Waals surface area contributed by atoms with Crippen LogP contribution in [0.5, 0.6) is 0 Å². The summed E-state index contributed by atoms with van der Waals surface area (Å²) in [7, 11) is 0. The highest BCUT2D eigenvalue weighted by molar-refractivity contribution is 7.71. The average Bonchev–Trinajstić information content (AvgIpc) is 3.04. The van der Waals surface area contributed by atoms with Crippen molar-refractivity contribution in [3.63, 3.8) is 0 Å². The van der Waals surface area contributed by atoms with E-state index >= 15 is 0 Å². The second-order valence-electron chi connectivity index (χ2n) is 5.58. The maximum atomic E-state index is 12.6. The zero-order valence-electron chi connectivity index (χ0n) is 13.7. The number of rotatable bonds is 5. The van der Waals surface area contributed by atoms with Gasteiger partial charge in [-0.3, -0.25) is 9.59 Å².